The van der Waals surface area contributed by atoms with Crippen LogP contribution in [0, 0.1) is 0 Å². The highest BCUT2D eigenvalue weighted by Crippen LogP contribution is 2.07. The molecule has 0 bridgehead atoms. The number of carbonyl (C=O) groups is 1. The Bertz CT molecular complexity index is 415. The molecule has 0 amide bonds. The van der Waals surface area contributed by atoms with E-state index in [1.165, 1.54) is 7.11 Å². The Morgan fingerprint density at radius 3 is 2.79 bits per heavy atom. The van der Waals surface area contributed by atoms with Gasteiger partial charge in [-0.1, -0.05) is 0 Å². The molecule has 76 valence electrons. The molecule has 1 heterocycles. The molecule has 6 nitrogen and oxygen atoms in total. The number of aromatic nitrogens is 2. The zero-order valence-electron chi connectivity index (χ0n) is 7.33. The molecule has 0 saturated carbocycles. The minimum Gasteiger partial charge on any atom is -0.468 e. The van der Waals surface area contributed by atoms with Gasteiger partial charge in [0, 0.05) is 0 Å². The van der Waals surface area contributed by atoms with Crippen molar-refractivity contribution in [3.63, 3.8) is 0 Å². The highest BCUT2D eigenvalue weighted by molar-refractivity contribution is 6.30. The lowest BCUT2D eigenvalue weighted by Crippen LogP contribution is -2.23. The number of halogens is 1. The van der Waals surface area contributed by atoms with Crippen molar-refractivity contribution in [3.05, 3.63) is 15.9 Å². The molecule has 0 aromatic carbocycles. The van der Waals surface area contributed by atoms with E-state index < -0.39 is 11.3 Å². The highest BCUT2D eigenvalue weighted by atomic mass is 35.5. The van der Waals surface area contributed by atoms with E-state index in [4.69, 9.17) is 17.3 Å². The van der Waals surface area contributed by atoms with Crippen LogP contribution in [-0.4, -0.2) is 28.7 Å². The van der Waals surface area contributed by atoms with Crippen molar-refractivity contribution in [2.75, 3.05) is 18.7 Å². The number of carbonyl (C=O) groups excluding carboxylic acids is 1. The maximum Gasteiger partial charge on any atom is 0.298 e. The number of nitrogen functional groups attached to an aromatic ring is 1. The van der Waals surface area contributed by atoms with Gasteiger partial charge in [-0.3, -0.25) is 14.6 Å². The predicted octanol–water partition coefficient (Wildman–Crippen LogP) is -0.218. The third kappa shape index (κ3) is 1.85. The van der Waals surface area contributed by atoms with E-state index >= 15 is 0 Å². The summed E-state index contributed by atoms with van der Waals surface area (Å²) in [6.07, 6.45) is 0. The number of hydrogen-bond acceptors (Lipinski definition) is 5. The quantitative estimate of drug-likeness (QED) is 0.539. The number of methoxy groups -OCH3 is 1. The van der Waals surface area contributed by atoms with Crippen molar-refractivity contribution >= 4 is 23.2 Å². The van der Waals surface area contributed by atoms with Gasteiger partial charge in [0.15, 0.2) is 5.78 Å². The van der Waals surface area contributed by atoms with Gasteiger partial charge >= 0.3 is 0 Å². The first-order valence-electron chi connectivity index (χ1n) is 3.63. The molecular formula is C7H8ClN3O3. The molecule has 1 rings (SSSR count). The van der Waals surface area contributed by atoms with Crippen LogP contribution in [0.2, 0.25) is 0 Å². The summed E-state index contributed by atoms with van der Waals surface area (Å²) >= 11 is 5.29. The summed E-state index contributed by atoms with van der Waals surface area (Å²) in [7, 11) is 1.32. The topological polar surface area (TPSA) is 98.1 Å². The van der Waals surface area contributed by atoms with Gasteiger partial charge in [0.25, 0.3) is 11.6 Å². The van der Waals surface area contributed by atoms with Crippen molar-refractivity contribution < 1.29 is 9.53 Å². The molecular weight excluding hydrogens is 210 g/mol. The number of aromatic amines is 1. The minimum absolute atomic E-state index is 0.0429. The van der Waals surface area contributed by atoms with Crippen LogP contribution in [0.5, 0.6) is 6.01 Å². The largest absolute Gasteiger partial charge is 0.468 e. The predicted molar refractivity (Wildman–Crippen MR) is 50.9 cm³/mol. The number of nitrogens with one attached hydrogen (secondary N) is 1. The number of H-pyrrole nitrogens is 1. The van der Waals surface area contributed by atoms with E-state index in [1.54, 1.807) is 0 Å². The first-order valence-corrected chi connectivity index (χ1v) is 4.16. The normalized spacial score (nSPS) is 9.86. The van der Waals surface area contributed by atoms with Crippen molar-refractivity contribution in [2.45, 2.75) is 0 Å². The number of anilines is 1. The molecule has 14 heavy (non-hydrogen) atoms. The summed E-state index contributed by atoms with van der Waals surface area (Å²) in [5, 5.41) is 0. The molecule has 7 heteroatoms. The minimum atomic E-state index is -0.653. The zero-order valence-corrected chi connectivity index (χ0v) is 8.09. The number of hydrogen-bond donors (Lipinski definition) is 2. The maximum absolute atomic E-state index is 11.3. The Balaban J connectivity index is 3.33. The van der Waals surface area contributed by atoms with Gasteiger partial charge < -0.3 is 10.5 Å². The number of ether oxygens (including phenoxy) is 1. The molecule has 0 unspecified atom stereocenters. The fourth-order valence-electron chi connectivity index (χ4n) is 0.902. The van der Waals surface area contributed by atoms with E-state index in [0.29, 0.717) is 0 Å². The summed E-state index contributed by atoms with van der Waals surface area (Å²) < 4.78 is 4.65. The molecule has 0 saturated heterocycles. The molecule has 0 aliphatic rings. The third-order valence-corrected chi connectivity index (χ3v) is 1.76. The molecule has 3 N–H and O–H groups in total. The van der Waals surface area contributed by atoms with Crippen LogP contribution in [0.15, 0.2) is 4.79 Å². The smallest absolute Gasteiger partial charge is 0.298 e. The van der Waals surface area contributed by atoms with Gasteiger partial charge in [-0.05, 0) is 0 Å². The number of nitrogens with two attached hydrogens (primary N) is 1. The molecule has 0 atom stereocenters. The average molecular weight is 218 g/mol. The fraction of sp³-hybridized carbons (Fsp3) is 0.286. The van der Waals surface area contributed by atoms with Crippen LogP contribution >= 0.6 is 11.6 Å². The Labute approximate surface area is 84.0 Å². The number of rotatable bonds is 3. The lowest BCUT2D eigenvalue weighted by atomic mass is 10.2. The van der Waals surface area contributed by atoms with Gasteiger partial charge in [0.2, 0.25) is 0 Å². The molecule has 1 aromatic heterocycles. The fourth-order valence-corrected chi connectivity index (χ4v) is 1.04. The third-order valence-electron chi connectivity index (χ3n) is 1.52. The lowest BCUT2D eigenvalue weighted by Gasteiger charge is -2.02. The number of Topliss-reactive ketones (excluding diaryl/α,β-unsaturated/α-hetero) is 1. The second-order valence-electron chi connectivity index (χ2n) is 2.39. The molecule has 0 spiro atoms. The summed E-state index contributed by atoms with van der Waals surface area (Å²) in [5.41, 5.74) is 4.50. The van der Waals surface area contributed by atoms with E-state index in [0.717, 1.165) is 0 Å². The van der Waals surface area contributed by atoms with Gasteiger partial charge in [0.1, 0.15) is 11.4 Å². The first-order chi connectivity index (χ1) is 6.60. The van der Waals surface area contributed by atoms with Crippen molar-refractivity contribution in [1.29, 1.82) is 0 Å². The second-order valence-corrected chi connectivity index (χ2v) is 2.66. The maximum atomic E-state index is 11.3. The Hall–Kier alpha value is -1.56. The van der Waals surface area contributed by atoms with E-state index in [2.05, 4.69) is 14.7 Å². The molecule has 0 aliphatic carbocycles. The second kappa shape index (κ2) is 4.10. The lowest BCUT2D eigenvalue weighted by molar-refractivity contribution is 0.102. The average Bonchev–Trinajstić information content (AvgIpc) is 2.16. The Kier molecular flexibility index (Phi) is 3.08. The van der Waals surface area contributed by atoms with Crippen LogP contribution in [0.4, 0.5) is 5.82 Å². The Morgan fingerprint density at radius 1 is 1.71 bits per heavy atom. The molecule has 0 aliphatic heterocycles. The van der Waals surface area contributed by atoms with Crippen molar-refractivity contribution in [3.8, 4) is 6.01 Å². The summed E-state index contributed by atoms with van der Waals surface area (Å²) in [5.74, 6) is -1.07. The van der Waals surface area contributed by atoms with Crippen LogP contribution in [0.3, 0.4) is 0 Å². The summed E-state index contributed by atoms with van der Waals surface area (Å²) in [6.45, 7) is 0. The van der Waals surface area contributed by atoms with Gasteiger partial charge in [-0.15, -0.1) is 11.6 Å². The zero-order chi connectivity index (χ0) is 10.7. The van der Waals surface area contributed by atoms with E-state index in [9.17, 15) is 9.59 Å². The monoisotopic (exact) mass is 217 g/mol. The van der Waals surface area contributed by atoms with Crippen LogP contribution < -0.4 is 16.0 Å². The molecule has 1 aromatic rings. The van der Waals surface area contributed by atoms with E-state index in [1.807, 2.05) is 0 Å². The standard InChI is InChI=1S/C7H8ClN3O3/c1-14-7-10-5(9)4(3(12)2-8)6(13)11-7/h2H2,1H3,(H3,9,10,11,13). The van der Waals surface area contributed by atoms with Gasteiger partial charge in [-0.25, -0.2) is 0 Å². The summed E-state index contributed by atoms with van der Waals surface area (Å²) in [4.78, 5) is 28.3. The van der Waals surface area contributed by atoms with Crippen molar-refractivity contribution in [2.24, 2.45) is 0 Å². The number of ketones is 1. The van der Waals surface area contributed by atoms with Crippen LogP contribution in [0.1, 0.15) is 10.4 Å². The SMILES string of the molecule is COc1nc(N)c(C(=O)CCl)c(=O)[nH]1. The van der Waals surface area contributed by atoms with Crippen LogP contribution in [0.25, 0.3) is 0 Å². The Morgan fingerprint density at radius 2 is 2.36 bits per heavy atom. The van der Waals surface area contributed by atoms with Crippen LogP contribution in [-0.2, 0) is 0 Å². The highest BCUT2D eigenvalue weighted by Gasteiger charge is 2.15. The van der Waals surface area contributed by atoms with Gasteiger partial charge in [-0.2, -0.15) is 4.98 Å². The van der Waals surface area contributed by atoms with Crippen molar-refractivity contribution in [1.82, 2.24) is 9.97 Å². The summed E-state index contributed by atoms with van der Waals surface area (Å²) in [6, 6.07) is -0.0429. The first kappa shape index (κ1) is 10.5. The van der Waals surface area contributed by atoms with E-state index in [-0.39, 0.29) is 23.3 Å². The number of alkyl halides is 1. The molecule has 0 fully saturated rings. The number of nitrogens with zero attached hydrogens (tertiary/aromatic N) is 1. The van der Waals surface area contributed by atoms with Gasteiger partial charge in [0.05, 0.1) is 13.0 Å². The molecule has 0 radical (unpaired) electrons.